The highest BCUT2D eigenvalue weighted by Gasteiger charge is 2.29. The SMILES string of the molecule is Nc1cc2c(cc1CN(CCO)C1CC1)OCCO2. The number of benzene rings is 1. The summed E-state index contributed by atoms with van der Waals surface area (Å²) in [6.07, 6.45) is 2.43. The standard InChI is InChI=1S/C14H20N2O3/c15-12-8-14-13(18-5-6-19-14)7-10(12)9-16(3-4-17)11-1-2-11/h7-8,11,17H,1-6,9,15H2. The van der Waals surface area contributed by atoms with E-state index in [1.54, 1.807) is 0 Å². The highest BCUT2D eigenvalue weighted by atomic mass is 16.6. The molecule has 0 radical (unpaired) electrons. The molecule has 1 fully saturated rings. The summed E-state index contributed by atoms with van der Waals surface area (Å²) in [6.45, 7) is 2.79. The molecule has 0 aromatic heterocycles. The average molecular weight is 264 g/mol. The second-order valence-electron chi connectivity index (χ2n) is 5.12. The first-order valence-corrected chi connectivity index (χ1v) is 6.81. The zero-order valence-corrected chi connectivity index (χ0v) is 11.0. The number of nitrogen functional groups attached to an aromatic ring is 1. The van der Waals surface area contributed by atoms with E-state index >= 15 is 0 Å². The van der Waals surface area contributed by atoms with Crippen LogP contribution >= 0.6 is 0 Å². The van der Waals surface area contributed by atoms with Crippen molar-refractivity contribution in [3.63, 3.8) is 0 Å². The lowest BCUT2D eigenvalue weighted by atomic mass is 10.1. The van der Waals surface area contributed by atoms with E-state index in [0.717, 1.165) is 29.3 Å². The van der Waals surface area contributed by atoms with E-state index in [2.05, 4.69) is 4.90 Å². The van der Waals surface area contributed by atoms with Gasteiger partial charge in [0.2, 0.25) is 0 Å². The lowest BCUT2D eigenvalue weighted by molar-refractivity contribution is 0.169. The maximum atomic E-state index is 9.14. The number of nitrogens with zero attached hydrogens (tertiary/aromatic N) is 1. The number of aliphatic hydroxyl groups is 1. The Kier molecular flexibility index (Phi) is 3.48. The van der Waals surface area contributed by atoms with E-state index in [-0.39, 0.29) is 6.61 Å². The third-order valence-electron chi connectivity index (χ3n) is 3.63. The first kappa shape index (κ1) is 12.6. The summed E-state index contributed by atoms with van der Waals surface area (Å²) in [7, 11) is 0. The normalized spacial score (nSPS) is 17.8. The van der Waals surface area contributed by atoms with Crippen LogP contribution in [0, 0.1) is 0 Å². The first-order chi connectivity index (χ1) is 9.28. The molecule has 2 aliphatic rings. The quantitative estimate of drug-likeness (QED) is 0.776. The minimum atomic E-state index is 0.182. The third-order valence-corrected chi connectivity index (χ3v) is 3.63. The van der Waals surface area contributed by atoms with Crippen molar-refractivity contribution < 1.29 is 14.6 Å². The lowest BCUT2D eigenvalue weighted by Gasteiger charge is -2.24. The number of nitrogens with two attached hydrogens (primary N) is 1. The van der Waals surface area contributed by atoms with Crippen molar-refractivity contribution in [1.82, 2.24) is 4.90 Å². The summed E-state index contributed by atoms with van der Waals surface area (Å²) >= 11 is 0. The van der Waals surface area contributed by atoms with Crippen LogP contribution in [-0.2, 0) is 6.54 Å². The number of ether oxygens (including phenoxy) is 2. The van der Waals surface area contributed by atoms with E-state index in [9.17, 15) is 0 Å². The molecule has 1 heterocycles. The molecule has 0 saturated heterocycles. The van der Waals surface area contributed by atoms with E-state index in [4.69, 9.17) is 20.3 Å². The van der Waals surface area contributed by atoms with E-state index in [1.807, 2.05) is 12.1 Å². The van der Waals surface area contributed by atoms with Crippen molar-refractivity contribution in [2.45, 2.75) is 25.4 Å². The van der Waals surface area contributed by atoms with Crippen molar-refractivity contribution in [3.05, 3.63) is 17.7 Å². The minimum absolute atomic E-state index is 0.182. The van der Waals surface area contributed by atoms with Crippen LogP contribution in [0.5, 0.6) is 11.5 Å². The van der Waals surface area contributed by atoms with Crippen molar-refractivity contribution >= 4 is 5.69 Å². The van der Waals surface area contributed by atoms with Crippen LogP contribution < -0.4 is 15.2 Å². The Labute approximate surface area is 112 Å². The Morgan fingerprint density at radius 2 is 1.89 bits per heavy atom. The summed E-state index contributed by atoms with van der Waals surface area (Å²) in [4.78, 5) is 2.28. The zero-order valence-electron chi connectivity index (χ0n) is 11.0. The number of hydrogen-bond acceptors (Lipinski definition) is 5. The van der Waals surface area contributed by atoms with Gasteiger partial charge in [0.25, 0.3) is 0 Å². The second-order valence-corrected chi connectivity index (χ2v) is 5.12. The Morgan fingerprint density at radius 3 is 2.53 bits per heavy atom. The van der Waals surface area contributed by atoms with Crippen LogP contribution in [0.3, 0.4) is 0 Å². The molecule has 1 aliphatic heterocycles. The fourth-order valence-corrected chi connectivity index (χ4v) is 2.46. The predicted molar refractivity (Wildman–Crippen MR) is 72.4 cm³/mol. The lowest BCUT2D eigenvalue weighted by Crippen LogP contribution is -2.29. The predicted octanol–water partition coefficient (Wildman–Crippen LogP) is 0.997. The molecule has 5 nitrogen and oxygen atoms in total. The van der Waals surface area contributed by atoms with Gasteiger partial charge in [0.15, 0.2) is 11.5 Å². The molecule has 0 atom stereocenters. The van der Waals surface area contributed by atoms with Crippen LogP contribution in [-0.4, -0.2) is 42.4 Å². The van der Waals surface area contributed by atoms with E-state index in [1.165, 1.54) is 12.8 Å². The number of anilines is 1. The maximum Gasteiger partial charge on any atom is 0.163 e. The molecule has 19 heavy (non-hydrogen) atoms. The first-order valence-electron chi connectivity index (χ1n) is 6.81. The smallest absolute Gasteiger partial charge is 0.163 e. The monoisotopic (exact) mass is 264 g/mol. The van der Waals surface area contributed by atoms with Gasteiger partial charge in [-0.3, -0.25) is 4.90 Å². The summed E-state index contributed by atoms with van der Waals surface area (Å²) in [5.41, 5.74) is 7.86. The van der Waals surface area contributed by atoms with Crippen LogP contribution in [0.4, 0.5) is 5.69 Å². The molecular weight excluding hydrogens is 244 g/mol. The van der Waals surface area contributed by atoms with Gasteiger partial charge in [-0.05, 0) is 24.5 Å². The maximum absolute atomic E-state index is 9.14. The van der Waals surface area contributed by atoms with Gasteiger partial charge in [-0.25, -0.2) is 0 Å². The molecule has 1 aromatic carbocycles. The molecule has 0 unspecified atom stereocenters. The fourth-order valence-electron chi connectivity index (χ4n) is 2.46. The summed E-state index contributed by atoms with van der Waals surface area (Å²) in [5, 5.41) is 9.14. The molecule has 104 valence electrons. The van der Waals surface area contributed by atoms with Crippen molar-refractivity contribution in [2.75, 3.05) is 32.1 Å². The van der Waals surface area contributed by atoms with Gasteiger partial charge in [-0.2, -0.15) is 0 Å². The van der Waals surface area contributed by atoms with Gasteiger partial charge < -0.3 is 20.3 Å². The second kappa shape index (κ2) is 5.27. The van der Waals surface area contributed by atoms with Crippen LogP contribution in [0.15, 0.2) is 12.1 Å². The van der Waals surface area contributed by atoms with Crippen molar-refractivity contribution in [3.8, 4) is 11.5 Å². The van der Waals surface area contributed by atoms with Crippen molar-refractivity contribution in [1.29, 1.82) is 0 Å². The molecule has 3 rings (SSSR count). The van der Waals surface area contributed by atoms with E-state index in [0.29, 0.717) is 25.8 Å². The highest BCUT2D eigenvalue weighted by molar-refractivity contribution is 5.58. The zero-order chi connectivity index (χ0) is 13.2. The molecule has 5 heteroatoms. The largest absolute Gasteiger partial charge is 0.486 e. The van der Waals surface area contributed by atoms with Gasteiger partial charge >= 0.3 is 0 Å². The average Bonchev–Trinajstić information content (AvgIpc) is 3.23. The molecule has 1 aromatic rings. The topological polar surface area (TPSA) is 68.0 Å². The Bertz CT molecular complexity index is 460. The minimum Gasteiger partial charge on any atom is -0.486 e. The molecule has 0 bridgehead atoms. The Balaban J connectivity index is 1.79. The summed E-state index contributed by atoms with van der Waals surface area (Å²) in [6, 6.07) is 4.41. The fraction of sp³-hybridized carbons (Fsp3) is 0.571. The number of aliphatic hydroxyl groups excluding tert-OH is 1. The van der Waals surface area contributed by atoms with Gasteiger partial charge in [0.05, 0.1) is 6.61 Å². The number of rotatable bonds is 5. The van der Waals surface area contributed by atoms with Gasteiger partial charge in [0, 0.05) is 30.9 Å². The molecule has 3 N–H and O–H groups in total. The molecule has 1 aliphatic carbocycles. The highest BCUT2D eigenvalue weighted by Crippen LogP contribution is 2.36. The number of hydrogen-bond donors (Lipinski definition) is 2. The Morgan fingerprint density at radius 1 is 1.21 bits per heavy atom. The molecule has 1 saturated carbocycles. The van der Waals surface area contributed by atoms with Crippen LogP contribution in [0.2, 0.25) is 0 Å². The van der Waals surface area contributed by atoms with Crippen LogP contribution in [0.1, 0.15) is 18.4 Å². The number of fused-ring (bicyclic) bond motifs is 1. The third kappa shape index (κ3) is 2.77. The van der Waals surface area contributed by atoms with Gasteiger partial charge in [0.1, 0.15) is 13.2 Å². The van der Waals surface area contributed by atoms with Gasteiger partial charge in [-0.15, -0.1) is 0 Å². The summed E-state index contributed by atoms with van der Waals surface area (Å²) in [5.74, 6) is 1.50. The molecule has 0 spiro atoms. The Hall–Kier alpha value is -1.46. The molecule has 0 amide bonds. The van der Waals surface area contributed by atoms with Crippen LogP contribution in [0.25, 0.3) is 0 Å². The summed E-state index contributed by atoms with van der Waals surface area (Å²) < 4.78 is 11.1. The van der Waals surface area contributed by atoms with Crippen molar-refractivity contribution in [2.24, 2.45) is 0 Å². The van der Waals surface area contributed by atoms with Gasteiger partial charge in [-0.1, -0.05) is 0 Å². The van der Waals surface area contributed by atoms with E-state index < -0.39 is 0 Å². The molecular formula is C14H20N2O3.